The Morgan fingerprint density at radius 2 is 1.84 bits per heavy atom. The number of phenols is 1. The van der Waals surface area contributed by atoms with Gasteiger partial charge < -0.3 is 15.2 Å². The molecule has 6 heteroatoms. The zero-order chi connectivity index (χ0) is 22.4. The molecule has 0 radical (unpaired) electrons. The van der Waals surface area contributed by atoms with E-state index < -0.39 is 0 Å². The minimum absolute atomic E-state index is 0.107. The van der Waals surface area contributed by atoms with E-state index in [1.165, 1.54) is 12.8 Å². The lowest BCUT2D eigenvalue weighted by molar-refractivity contribution is -0.135. The van der Waals surface area contributed by atoms with Crippen molar-refractivity contribution in [3.63, 3.8) is 0 Å². The molecule has 2 aromatic rings. The topological polar surface area (TPSA) is 61.8 Å². The van der Waals surface area contributed by atoms with Gasteiger partial charge >= 0.3 is 0 Å². The molecule has 0 spiro atoms. The van der Waals surface area contributed by atoms with Crippen LogP contribution in [0.4, 0.5) is 0 Å². The summed E-state index contributed by atoms with van der Waals surface area (Å²) < 4.78 is 5.97. The number of amides is 1. The molecule has 5 nitrogen and oxygen atoms in total. The van der Waals surface area contributed by atoms with Crippen molar-refractivity contribution in [3.8, 4) is 11.5 Å². The van der Waals surface area contributed by atoms with E-state index in [9.17, 15) is 9.90 Å². The van der Waals surface area contributed by atoms with Crippen molar-refractivity contribution in [2.45, 2.75) is 57.5 Å². The number of piperidine rings is 1. The third-order valence-corrected chi connectivity index (χ3v) is 7.30. The van der Waals surface area contributed by atoms with Crippen LogP contribution in [0.3, 0.4) is 0 Å². The predicted molar refractivity (Wildman–Crippen MR) is 127 cm³/mol. The Bertz CT molecular complexity index is 891. The van der Waals surface area contributed by atoms with Crippen molar-refractivity contribution in [2.75, 3.05) is 19.7 Å². The first-order chi connectivity index (χ1) is 15.5. The Morgan fingerprint density at radius 1 is 1.12 bits per heavy atom. The molecule has 1 saturated heterocycles. The quantitative estimate of drug-likeness (QED) is 0.576. The number of benzene rings is 2. The standard InChI is InChI=1S/C26H33ClN2O3/c27-23-18-20(10-11-24(23)30)19-29-15-12-26(13-16-29,25(31)28-21-6-4-5-7-21)14-17-32-22-8-2-1-3-9-22/h1-3,8-11,18,21,30H,4-7,12-17,19H2,(H,28,31). The average Bonchev–Trinajstić information content (AvgIpc) is 3.31. The molecule has 1 heterocycles. The van der Waals surface area contributed by atoms with E-state index in [4.69, 9.17) is 16.3 Å². The number of carbonyl (C=O) groups excluding carboxylic acids is 1. The molecule has 1 aliphatic heterocycles. The highest BCUT2D eigenvalue weighted by Crippen LogP contribution is 2.37. The number of aromatic hydroxyl groups is 1. The van der Waals surface area contributed by atoms with Crippen LogP contribution in [0.25, 0.3) is 0 Å². The summed E-state index contributed by atoms with van der Waals surface area (Å²) >= 11 is 6.07. The molecule has 172 valence electrons. The Hall–Kier alpha value is -2.24. The van der Waals surface area contributed by atoms with E-state index in [0.717, 1.165) is 63.1 Å². The van der Waals surface area contributed by atoms with Gasteiger partial charge in [-0.25, -0.2) is 0 Å². The van der Waals surface area contributed by atoms with Crippen molar-refractivity contribution in [3.05, 3.63) is 59.1 Å². The number of carbonyl (C=O) groups is 1. The first kappa shape index (κ1) is 22.9. The van der Waals surface area contributed by atoms with Gasteiger partial charge in [0.1, 0.15) is 11.5 Å². The van der Waals surface area contributed by atoms with E-state index in [1.807, 2.05) is 42.5 Å². The van der Waals surface area contributed by atoms with Crippen molar-refractivity contribution in [2.24, 2.45) is 5.41 Å². The first-order valence-electron chi connectivity index (χ1n) is 11.7. The number of nitrogens with zero attached hydrogens (tertiary/aromatic N) is 1. The van der Waals surface area contributed by atoms with Gasteiger partial charge in [-0.3, -0.25) is 9.69 Å². The number of hydrogen-bond acceptors (Lipinski definition) is 4. The van der Waals surface area contributed by atoms with Crippen molar-refractivity contribution < 1.29 is 14.6 Å². The Morgan fingerprint density at radius 3 is 2.53 bits per heavy atom. The number of ether oxygens (including phenoxy) is 1. The van der Waals surface area contributed by atoms with Crippen molar-refractivity contribution in [1.82, 2.24) is 10.2 Å². The second kappa shape index (κ2) is 10.6. The lowest BCUT2D eigenvalue weighted by Gasteiger charge is -2.41. The van der Waals surface area contributed by atoms with Gasteiger partial charge in [-0.15, -0.1) is 0 Å². The number of hydrogen-bond donors (Lipinski definition) is 2. The summed E-state index contributed by atoms with van der Waals surface area (Å²) in [6, 6.07) is 15.5. The molecule has 1 aliphatic carbocycles. The van der Waals surface area contributed by atoms with E-state index in [-0.39, 0.29) is 17.1 Å². The summed E-state index contributed by atoms with van der Waals surface area (Å²) in [5, 5.41) is 13.4. The van der Waals surface area contributed by atoms with Crippen LogP contribution in [0.15, 0.2) is 48.5 Å². The highest BCUT2D eigenvalue weighted by molar-refractivity contribution is 6.32. The Kier molecular flexibility index (Phi) is 7.59. The zero-order valence-corrected chi connectivity index (χ0v) is 19.3. The van der Waals surface area contributed by atoms with Crippen LogP contribution in [-0.2, 0) is 11.3 Å². The summed E-state index contributed by atoms with van der Waals surface area (Å²) in [6.07, 6.45) is 6.95. The Balaban J connectivity index is 1.38. The van der Waals surface area contributed by atoms with Gasteiger partial charge in [0, 0.05) is 12.6 Å². The fraction of sp³-hybridized carbons (Fsp3) is 0.500. The van der Waals surface area contributed by atoms with E-state index >= 15 is 0 Å². The number of para-hydroxylation sites is 1. The smallest absolute Gasteiger partial charge is 0.226 e. The van der Waals surface area contributed by atoms with E-state index in [2.05, 4.69) is 10.2 Å². The van der Waals surface area contributed by atoms with Crippen LogP contribution in [0.5, 0.6) is 11.5 Å². The maximum absolute atomic E-state index is 13.4. The SMILES string of the molecule is O=C(NC1CCCC1)C1(CCOc2ccccc2)CCN(Cc2ccc(O)c(Cl)c2)CC1. The predicted octanol–water partition coefficient (Wildman–Crippen LogP) is 5.16. The summed E-state index contributed by atoms with van der Waals surface area (Å²) in [6.45, 7) is 3.00. The van der Waals surface area contributed by atoms with Gasteiger partial charge in [-0.1, -0.05) is 48.7 Å². The fourth-order valence-electron chi connectivity index (χ4n) is 4.93. The molecule has 1 saturated carbocycles. The van der Waals surface area contributed by atoms with Gasteiger partial charge in [-0.2, -0.15) is 0 Å². The number of halogens is 1. The van der Waals surface area contributed by atoms with E-state index in [1.54, 1.807) is 6.07 Å². The second-order valence-corrected chi connectivity index (χ2v) is 9.62. The summed E-state index contributed by atoms with van der Waals surface area (Å²) in [5.74, 6) is 1.16. The molecule has 1 amide bonds. The first-order valence-corrected chi connectivity index (χ1v) is 12.1. The van der Waals surface area contributed by atoms with Gasteiger partial charge in [0.25, 0.3) is 0 Å². The van der Waals surface area contributed by atoms with Crippen LogP contribution < -0.4 is 10.1 Å². The van der Waals surface area contributed by atoms with E-state index in [0.29, 0.717) is 17.7 Å². The second-order valence-electron chi connectivity index (χ2n) is 9.21. The molecule has 2 fully saturated rings. The third kappa shape index (κ3) is 5.76. The molecule has 0 unspecified atom stereocenters. The minimum Gasteiger partial charge on any atom is -0.506 e. The average molecular weight is 457 g/mol. The van der Waals surface area contributed by atoms with Crippen LogP contribution in [0.2, 0.25) is 5.02 Å². The van der Waals surface area contributed by atoms with Crippen molar-refractivity contribution >= 4 is 17.5 Å². The van der Waals surface area contributed by atoms with Gasteiger partial charge in [-0.05, 0) is 75.0 Å². The van der Waals surface area contributed by atoms with Crippen molar-refractivity contribution in [1.29, 1.82) is 0 Å². The number of phenolic OH excluding ortho intramolecular Hbond substituents is 1. The molecule has 0 atom stereocenters. The molecule has 0 aromatic heterocycles. The molecular weight excluding hydrogens is 424 g/mol. The molecule has 2 aliphatic rings. The van der Waals surface area contributed by atoms with Gasteiger partial charge in [0.15, 0.2) is 0 Å². The number of likely N-dealkylation sites (tertiary alicyclic amines) is 1. The van der Waals surface area contributed by atoms with Crippen LogP contribution in [0, 0.1) is 5.41 Å². The number of nitrogens with one attached hydrogen (secondary N) is 1. The monoisotopic (exact) mass is 456 g/mol. The minimum atomic E-state index is -0.388. The molecule has 2 aromatic carbocycles. The van der Waals surface area contributed by atoms with Gasteiger partial charge in [0.05, 0.1) is 17.0 Å². The lowest BCUT2D eigenvalue weighted by Crippen LogP contribution is -2.51. The van der Waals surface area contributed by atoms with Crippen LogP contribution in [0.1, 0.15) is 50.5 Å². The third-order valence-electron chi connectivity index (χ3n) is 7.00. The Labute approximate surface area is 195 Å². The van der Waals surface area contributed by atoms with Gasteiger partial charge in [0.2, 0.25) is 5.91 Å². The summed E-state index contributed by atoms with van der Waals surface area (Å²) in [7, 11) is 0. The molecule has 2 N–H and O–H groups in total. The molecule has 32 heavy (non-hydrogen) atoms. The summed E-state index contributed by atoms with van der Waals surface area (Å²) in [4.78, 5) is 15.8. The lowest BCUT2D eigenvalue weighted by atomic mass is 9.74. The van der Waals surface area contributed by atoms with Crippen LogP contribution >= 0.6 is 11.6 Å². The normalized spacial score (nSPS) is 19.0. The fourth-order valence-corrected chi connectivity index (χ4v) is 5.13. The maximum Gasteiger partial charge on any atom is 0.226 e. The molecule has 4 rings (SSSR count). The molecular formula is C26H33ClN2O3. The number of rotatable bonds is 8. The maximum atomic E-state index is 13.4. The summed E-state index contributed by atoms with van der Waals surface area (Å²) in [5.41, 5.74) is 0.684. The zero-order valence-electron chi connectivity index (χ0n) is 18.6. The highest BCUT2D eigenvalue weighted by atomic mass is 35.5. The largest absolute Gasteiger partial charge is 0.506 e. The molecule has 0 bridgehead atoms. The van der Waals surface area contributed by atoms with Crippen LogP contribution in [-0.4, -0.2) is 41.7 Å². The highest BCUT2D eigenvalue weighted by Gasteiger charge is 2.42.